The summed E-state index contributed by atoms with van der Waals surface area (Å²) < 4.78 is 5.46. The summed E-state index contributed by atoms with van der Waals surface area (Å²) in [4.78, 5) is 5.12. The molecule has 0 aromatic heterocycles. The van der Waals surface area contributed by atoms with Gasteiger partial charge in [-0.2, -0.15) is 0 Å². The van der Waals surface area contributed by atoms with Crippen molar-refractivity contribution >= 4 is 24.0 Å². The van der Waals surface area contributed by atoms with Crippen LogP contribution in [0.1, 0.15) is 18.9 Å². The quantitative estimate of drug-likeness (QED) is 0.858. The van der Waals surface area contributed by atoms with Gasteiger partial charge in [0.25, 0.3) is 0 Å². The van der Waals surface area contributed by atoms with Gasteiger partial charge in [0, 0.05) is 56.4 Å². The molecule has 2 aliphatic heterocycles. The van der Waals surface area contributed by atoms with Crippen molar-refractivity contribution in [3.63, 3.8) is 0 Å². The van der Waals surface area contributed by atoms with Crippen LogP contribution in [0.15, 0.2) is 18.2 Å². The summed E-state index contributed by atoms with van der Waals surface area (Å²) in [6, 6.07) is 5.87. The Hall–Kier alpha value is -0.520. The van der Waals surface area contributed by atoms with E-state index in [2.05, 4.69) is 22.0 Å². The number of benzene rings is 1. The van der Waals surface area contributed by atoms with E-state index in [1.165, 1.54) is 25.1 Å². The topological polar surface area (TPSA) is 27.7 Å². The van der Waals surface area contributed by atoms with Crippen LogP contribution in [0, 0.1) is 5.41 Å². The van der Waals surface area contributed by atoms with Crippen molar-refractivity contribution < 1.29 is 4.74 Å². The van der Waals surface area contributed by atoms with Crippen LogP contribution >= 0.6 is 24.0 Å². The third-order valence-electron chi connectivity index (χ3n) is 5.16. The predicted molar refractivity (Wildman–Crippen MR) is 103 cm³/mol. The molecule has 2 heterocycles. The minimum absolute atomic E-state index is 0. The van der Waals surface area contributed by atoms with Crippen molar-refractivity contribution in [1.82, 2.24) is 15.1 Å². The highest BCUT2D eigenvalue weighted by Crippen LogP contribution is 2.27. The van der Waals surface area contributed by atoms with E-state index in [4.69, 9.17) is 16.3 Å². The smallest absolute Gasteiger partial charge is 0.123 e. The third-order valence-corrected chi connectivity index (χ3v) is 5.40. The number of methoxy groups -OCH3 is 1. The Morgan fingerprint density at radius 2 is 1.92 bits per heavy atom. The Bertz CT molecular complexity index is 527. The molecule has 24 heavy (non-hydrogen) atoms. The van der Waals surface area contributed by atoms with Crippen molar-refractivity contribution in [3.05, 3.63) is 28.8 Å². The summed E-state index contributed by atoms with van der Waals surface area (Å²) in [5.41, 5.74) is 1.64. The Labute approximate surface area is 156 Å². The maximum absolute atomic E-state index is 6.14. The summed E-state index contributed by atoms with van der Waals surface area (Å²) in [6.07, 6.45) is 1.30. The second kappa shape index (κ2) is 8.72. The molecular formula is C18H29Cl2N3O. The monoisotopic (exact) mass is 373 g/mol. The Morgan fingerprint density at radius 1 is 1.21 bits per heavy atom. The summed E-state index contributed by atoms with van der Waals surface area (Å²) >= 11 is 6.14. The zero-order valence-electron chi connectivity index (χ0n) is 14.7. The molecule has 136 valence electrons. The normalized spacial score (nSPS) is 25.5. The average molecular weight is 374 g/mol. The summed E-state index contributed by atoms with van der Waals surface area (Å²) in [5, 5.41) is 4.28. The van der Waals surface area contributed by atoms with Crippen LogP contribution in [0.2, 0.25) is 5.02 Å². The highest BCUT2D eigenvalue weighted by atomic mass is 35.5. The molecule has 1 N–H and O–H groups in total. The second-order valence-corrected chi connectivity index (χ2v) is 7.68. The van der Waals surface area contributed by atoms with Gasteiger partial charge in [0.2, 0.25) is 0 Å². The van der Waals surface area contributed by atoms with Crippen LogP contribution < -0.4 is 10.1 Å². The van der Waals surface area contributed by atoms with Gasteiger partial charge in [0.05, 0.1) is 7.11 Å². The first kappa shape index (κ1) is 19.8. The fourth-order valence-corrected chi connectivity index (χ4v) is 3.96. The maximum atomic E-state index is 6.14. The fraction of sp³-hybridized carbons (Fsp3) is 0.667. The van der Waals surface area contributed by atoms with Gasteiger partial charge in [0.15, 0.2) is 0 Å². The average Bonchev–Trinajstić information content (AvgIpc) is 2.96. The van der Waals surface area contributed by atoms with Crippen LogP contribution in [-0.2, 0) is 6.54 Å². The zero-order valence-corrected chi connectivity index (χ0v) is 16.3. The number of halogens is 2. The maximum Gasteiger partial charge on any atom is 0.123 e. The molecule has 3 rings (SSSR count). The molecule has 1 aromatic carbocycles. The molecule has 0 amide bonds. The highest BCUT2D eigenvalue weighted by Gasteiger charge is 2.31. The van der Waals surface area contributed by atoms with E-state index >= 15 is 0 Å². The standard InChI is InChI=1S/C18H28ClN3O.ClH/c1-18(5-6-20-13-18)14-22-9-7-21(8-10-22)12-15-11-16(19)3-4-17(15)23-2;/h3-4,11,20H,5-10,12-14H2,1-2H3;1H. The lowest BCUT2D eigenvalue weighted by Crippen LogP contribution is -2.49. The van der Waals surface area contributed by atoms with Crippen LogP contribution in [-0.4, -0.2) is 62.7 Å². The molecule has 1 aromatic rings. The Morgan fingerprint density at radius 3 is 2.54 bits per heavy atom. The fourth-order valence-electron chi connectivity index (χ4n) is 3.76. The van der Waals surface area contributed by atoms with Gasteiger partial charge in [0.1, 0.15) is 5.75 Å². The minimum Gasteiger partial charge on any atom is -0.496 e. The lowest BCUT2D eigenvalue weighted by Gasteiger charge is -2.38. The molecule has 0 saturated carbocycles. The molecule has 2 fully saturated rings. The van der Waals surface area contributed by atoms with E-state index in [1.807, 2.05) is 18.2 Å². The van der Waals surface area contributed by atoms with Crippen LogP contribution in [0.4, 0.5) is 0 Å². The number of nitrogens with zero attached hydrogens (tertiary/aromatic N) is 2. The van der Waals surface area contributed by atoms with Crippen LogP contribution in [0.5, 0.6) is 5.75 Å². The number of nitrogens with one attached hydrogen (secondary N) is 1. The van der Waals surface area contributed by atoms with E-state index < -0.39 is 0 Å². The van der Waals surface area contributed by atoms with Gasteiger partial charge in [-0.15, -0.1) is 12.4 Å². The van der Waals surface area contributed by atoms with E-state index in [9.17, 15) is 0 Å². The third kappa shape index (κ3) is 4.99. The van der Waals surface area contributed by atoms with Crippen molar-refractivity contribution in [1.29, 1.82) is 0 Å². The molecule has 0 aliphatic carbocycles. The van der Waals surface area contributed by atoms with Gasteiger partial charge in [-0.25, -0.2) is 0 Å². The summed E-state index contributed by atoms with van der Waals surface area (Å²) in [5.74, 6) is 0.932. The van der Waals surface area contributed by atoms with Gasteiger partial charge >= 0.3 is 0 Å². The van der Waals surface area contributed by atoms with E-state index in [0.717, 1.165) is 50.0 Å². The predicted octanol–water partition coefficient (Wildman–Crippen LogP) is 2.89. The van der Waals surface area contributed by atoms with Gasteiger partial charge < -0.3 is 15.0 Å². The second-order valence-electron chi connectivity index (χ2n) is 7.25. The first-order valence-electron chi connectivity index (χ1n) is 8.56. The first-order chi connectivity index (χ1) is 11.1. The van der Waals surface area contributed by atoms with Crippen molar-refractivity contribution in [2.24, 2.45) is 5.41 Å². The van der Waals surface area contributed by atoms with Crippen molar-refractivity contribution in [2.45, 2.75) is 19.9 Å². The Balaban J connectivity index is 0.00000208. The molecule has 2 aliphatic rings. The van der Waals surface area contributed by atoms with E-state index in [-0.39, 0.29) is 12.4 Å². The Kier molecular flexibility index (Phi) is 7.20. The SMILES string of the molecule is COc1ccc(Cl)cc1CN1CCN(CC2(C)CCNC2)CC1.Cl. The lowest BCUT2D eigenvalue weighted by molar-refractivity contribution is 0.0928. The van der Waals surface area contributed by atoms with Crippen LogP contribution in [0.25, 0.3) is 0 Å². The number of hydrogen-bond donors (Lipinski definition) is 1. The largest absolute Gasteiger partial charge is 0.496 e. The summed E-state index contributed by atoms with van der Waals surface area (Å²) in [7, 11) is 1.72. The zero-order chi connectivity index (χ0) is 16.3. The lowest BCUT2D eigenvalue weighted by atomic mass is 9.89. The number of hydrogen-bond acceptors (Lipinski definition) is 4. The first-order valence-corrected chi connectivity index (χ1v) is 8.94. The molecule has 6 heteroatoms. The van der Waals surface area contributed by atoms with E-state index in [0.29, 0.717) is 5.41 Å². The molecule has 1 atom stereocenters. The van der Waals surface area contributed by atoms with Crippen molar-refractivity contribution in [2.75, 3.05) is 52.9 Å². The van der Waals surface area contributed by atoms with Crippen molar-refractivity contribution in [3.8, 4) is 5.75 Å². The minimum atomic E-state index is 0. The summed E-state index contributed by atoms with van der Waals surface area (Å²) in [6.45, 7) is 11.4. The molecule has 0 spiro atoms. The molecule has 4 nitrogen and oxygen atoms in total. The van der Waals surface area contributed by atoms with Gasteiger partial charge in [-0.1, -0.05) is 18.5 Å². The molecule has 2 saturated heterocycles. The highest BCUT2D eigenvalue weighted by molar-refractivity contribution is 6.30. The number of piperazine rings is 1. The molecule has 0 radical (unpaired) electrons. The van der Waals surface area contributed by atoms with Crippen LogP contribution in [0.3, 0.4) is 0 Å². The molecule has 0 bridgehead atoms. The molecular weight excluding hydrogens is 345 g/mol. The number of rotatable bonds is 5. The van der Waals surface area contributed by atoms with Gasteiger partial charge in [-0.05, 0) is 36.6 Å². The van der Waals surface area contributed by atoms with Gasteiger partial charge in [-0.3, -0.25) is 4.90 Å². The molecule has 1 unspecified atom stereocenters. The number of ether oxygens (including phenoxy) is 1. The van der Waals surface area contributed by atoms with E-state index in [1.54, 1.807) is 7.11 Å².